The van der Waals surface area contributed by atoms with Gasteiger partial charge < -0.3 is 9.84 Å². The summed E-state index contributed by atoms with van der Waals surface area (Å²) >= 11 is 0. The van der Waals surface area contributed by atoms with Gasteiger partial charge in [0.1, 0.15) is 6.04 Å². The van der Waals surface area contributed by atoms with E-state index in [1.807, 2.05) is 13.8 Å². The van der Waals surface area contributed by atoms with Gasteiger partial charge in [0.25, 0.3) is 0 Å². The molecule has 2 amide bonds. The van der Waals surface area contributed by atoms with E-state index >= 15 is 0 Å². The van der Waals surface area contributed by atoms with Gasteiger partial charge in [-0.2, -0.15) is 0 Å². The highest BCUT2D eigenvalue weighted by Gasteiger charge is 2.63. The van der Waals surface area contributed by atoms with Crippen molar-refractivity contribution in [3.8, 4) is 0 Å². The minimum absolute atomic E-state index is 0.102. The maximum Gasteiger partial charge on any atom is 0.326 e. The van der Waals surface area contributed by atoms with Crippen LogP contribution in [0, 0.1) is 17.8 Å². The SMILES string of the molecule is CC(C)C[C@@H](C(=O)O)N1C(=O)[C@@H]2[C@H](C1=O)[C@H]1CC[C@@H]2O1. The molecule has 3 rings (SSSR count). The maximum atomic E-state index is 12.5. The fourth-order valence-electron chi connectivity index (χ4n) is 3.81. The Bertz CT molecular complexity index is 446. The molecule has 3 saturated heterocycles. The molecule has 0 aromatic rings. The van der Waals surface area contributed by atoms with Gasteiger partial charge in [0.15, 0.2) is 0 Å². The number of carbonyl (C=O) groups excluding carboxylic acids is 2. The molecule has 3 aliphatic rings. The van der Waals surface area contributed by atoms with Crippen molar-refractivity contribution in [3.63, 3.8) is 0 Å². The summed E-state index contributed by atoms with van der Waals surface area (Å²) < 4.78 is 5.63. The van der Waals surface area contributed by atoms with Crippen molar-refractivity contribution in [3.05, 3.63) is 0 Å². The molecule has 1 N–H and O–H groups in total. The third-order valence-electron chi connectivity index (χ3n) is 4.61. The van der Waals surface area contributed by atoms with Gasteiger partial charge in [-0.05, 0) is 25.2 Å². The Labute approximate surface area is 117 Å². The second-order valence-electron chi connectivity index (χ2n) is 6.37. The van der Waals surface area contributed by atoms with Crippen molar-refractivity contribution in [1.29, 1.82) is 0 Å². The summed E-state index contributed by atoms with van der Waals surface area (Å²) in [5.41, 5.74) is 0. The summed E-state index contributed by atoms with van der Waals surface area (Å²) in [6, 6.07) is -1.04. The lowest BCUT2D eigenvalue weighted by molar-refractivity contribution is -0.157. The zero-order chi connectivity index (χ0) is 14.6. The Morgan fingerprint density at radius 2 is 1.75 bits per heavy atom. The van der Waals surface area contributed by atoms with Crippen LogP contribution in [0.4, 0.5) is 0 Å². The largest absolute Gasteiger partial charge is 0.480 e. The van der Waals surface area contributed by atoms with Crippen LogP contribution in [0.15, 0.2) is 0 Å². The van der Waals surface area contributed by atoms with Crippen molar-refractivity contribution < 1.29 is 24.2 Å². The zero-order valence-corrected chi connectivity index (χ0v) is 11.6. The number of ether oxygens (including phenoxy) is 1. The van der Waals surface area contributed by atoms with E-state index in [1.165, 1.54) is 0 Å². The van der Waals surface area contributed by atoms with E-state index in [1.54, 1.807) is 0 Å². The van der Waals surface area contributed by atoms with E-state index in [9.17, 15) is 19.5 Å². The molecule has 3 fully saturated rings. The number of nitrogens with zero attached hydrogens (tertiary/aromatic N) is 1. The number of hydrogen-bond acceptors (Lipinski definition) is 4. The Morgan fingerprint density at radius 3 is 2.15 bits per heavy atom. The zero-order valence-electron chi connectivity index (χ0n) is 11.6. The molecule has 0 aromatic carbocycles. The van der Waals surface area contributed by atoms with Gasteiger partial charge in [0.2, 0.25) is 11.8 Å². The molecule has 6 heteroatoms. The second kappa shape index (κ2) is 4.55. The normalized spacial score (nSPS) is 36.9. The summed E-state index contributed by atoms with van der Waals surface area (Å²) in [6.45, 7) is 3.77. The van der Waals surface area contributed by atoms with Gasteiger partial charge in [-0.1, -0.05) is 13.8 Å². The standard InChI is InChI=1S/C14H19NO5/c1-6(2)5-7(14(18)19)15-12(16)10-8-3-4-9(20-8)11(10)13(15)17/h6-11H,3-5H2,1-2H3,(H,18,19)/t7-,8-,9+,10-,11+/m0/s1. The van der Waals surface area contributed by atoms with Crippen LogP contribution in [0.3, 0.4) is 0 Å². The molecule has 0 saturated carbocycles. The van der Waals surface area contributed by atoms with E-state index in [-0.39, 0.29) is 29.9 Å². The highest BCUT2D eigenvalue weighted by molar-refractivity contribution is 6.08. The summed E-state index contributed by atoms with van der Waals surface area (Å²) in [5, 5.41) is 9.35. The van der Waals surface area contributed by atoms with Crippen LogP contribution in [0.2, 0.25) is 0 Å². The van der Waals surface area contributed by atoms with Crippen LogP contribution in [-0.4, -0.2) is 46.0 Å². The number of imide groups is 1. The molecule has 0 aromatic heterocycles. The van der Waals surface area contributed by atoms with Crippen molar-refractivity contribution in [1.82, 2.24) is 4.90 Å². The Kier molecular flexibility index (Phi) is 3.08. The second-order valence-corrected chi connectivity index (χ2v) is 6.37. The topological polar surface area (TPSA) is 83.9 Å². The predicted molar refractivity (Wildman–Crippen MR) is 67.6 cm³/mol. The first kappa shape index (κ1) is 13.5. The van der Waals surface area contributed by atoms with E-state index in [0.29, 0.717) is 6.42 Å². The van der Waals surface area contributed by atoms with Crippen LogP contribution in [-0.2, 0) is 19.1 Å². The van der Waals surface area contributed by atoms with Crippen LogP contribution in [0.5, 0.6) is 0 Å². The van der Waals surface area contributed by atoms with E-state index in [4.69, 9.17) is 4.74 Å². The number of amides is 2. The number of rotatable bonds is 4. The smallest absolute Gasteiger partial charge is 0.326 e. The number of likely N-dealkylation sites (tertiary alicyclic amines) is 1. The fourth-order valence-corrected chi connectivity index (χ4v) is 3.81. The molecule has 2 bridgehead atoms. The van der Waals surface area contributed by atoms with E-state index in [2.05, 4.69) is 0 Å². The quantitative estimate of drug-likeness (QED) is 0.765. The summed E-state index contributed by atoms with van der Waals surface area (Å²) in [5.74, 6) is -2.59. The van der Waals surface area contributed by atoms with Gasteiger partial charge in [0.05, 0.1) is 24.0 Å². The Hall–Kier alpha value is -1.43. The first-order valence-electron chi connectivity index (χ1n) is 7.17. The van der Waals surface area contributed by atoms with E-state index in [0.717, 1.165) is 17.7 Å². The first-order valence-corrected chi connectivity index (χ1v) is 7.17. The molecule has 0 radical (unpaired) electrons. The van der Waals surface area contributed by atoms with E-state index < -0.39 is 23.8 Å². The van der Waals surface area contributed by atoms with Gasteiger partial charge in [-0.15, -0.1) is 0 Å². The number of fused-ring (bicyclic) bond motifs is 5. The number of carboxylic acid groups (broad SMARTS) is 1. The van der Waals surface area contributed by atoms with Crippen molar-refractivity contribution in [2.75, 3.05) is 0 Å². The maximum absolute atomic E-state index is 12.5. The van der Waals surface area contributed by atoms with Gasteiger partial charge in [-0.3, -0.25) is 14.5 Å². The van der Waals surface area contributed by atoms with Crippen LogP contribution in [0.25, 0.3) is 0 Å². The third-order valence-corrected chi connectivity index (χ3v) is 4.61. The monoisotopic (exact) mass is 281 g/mol. The Morgan fingerprint density at radius 1 is 1.25 bits per heavy atom. The van der Waals surface area contributed by atoms with Gasteiger partial charge in [0, 0.05) is 0 Å². The minimum atomic E-state index is -1.10. The molecule has 3 heterocycles. The predicted octanol–water partition coefficient (Wildman–Crippen LogP) is 0.648. The molecule has 6 nitrogen and oxygen atoms in total. The third kappa shape index (κ3) is 1.78. The molecule has 0 aliphatic carbocycles. The van der Waals surface area contributed by atoms with Crippen LogP contribution < -0.4 is 0 Å². The Balaban J connectivity index is 1.89. The van der Waals surface area contributed by atoms with Crippen molar-refractivity contribution in [2.45, 2.75) is 51.4 Å². The summed E-state index contributed by atoms with van der Waals surface area (Å²) in [6.07, 6.45) is 1.49. The molecular weight excluding hydrogens is 262 g/mol. The van der Waals surface area contributed by atoms with Crippen molar-refractivity contribution in [2.24, 2.45) is 17.8 Å². The summed E-state index contributed by atoms with van der Waals surface area (Å²) in [7, 11) is 0. The lowest BCUT2D eigenvalue weighted by Crippen LogP contribution is -2.47. The fraction of sp³-hybridized carbons (Fsp3) is 0.786. The lowest BCUT2D eigenvalue weighted by atomic mass is 9.81. The molecule has 20 heavy (non-hydrogen) atoms. The number of carbonyl (C=O) groups is 3. The average Bonchev–Trinajstić information content (AvgIpc) is 3.01. The van der Waals surface area contributed by atoms with Crippen LogP contribution >= 0.6 is 0 Å². The van der Waals surface area contributed by atoms with Gasteiger partial charge >= 0.3 is 5.97 Å². The lowest BCUT2D eigenvalue weighted by Gasteiger charge is -2.25. The molecule has 5 atom stereocenters. The molecule has 3 aliphatic heterocycles. The summed E-state index contributed by atoms with van der Waals surface area (Å²) in [4.78, 5) is 37.4. The molecule has 0 spiro atoms. The molecular formula is C14H19NO5. The van der Waals surface area contributed by atoms with Crippen molar-refractivity contribution >= 4 is 17.8 Å². The minimum Gasteiger partial charge on any atom is -0.480 e. The highest BCUT2D eigenvalue weighted by atomic mass is 16.5. The molecule has 110 valence electrons. The number of hydrogen-bond donors (Lipinski definition) is 1. The average molecular weight is 281 g/mol. The number of carboxylic acids is 1. The van der Waals surface area contributed by atoms with Gasteiger partial charge in [-0.25, -0.2) is 4.79 Å². The molecule has 0 unspecified atom stereocenters. The van der Waals surface area contributed by atoms with Crippen LogP contribution in [0.1, 0.15) is 33.1 Å². The first-order chi connectivity index (χ1) is 9.41. The highest BCUT2D eigenvalue weighted by Crippen LogP contribution is 2.49. The number of aliphatic carboxylic acids is 1.